The highest BCUT2D eigenvalue weighted by Gasteiger charge is 2.06. The zero-order valence-corrected chi connectivity index (χ0v) is 6.93. The van der Waals surface area contributed by atoms with Crippen molar-refractivity contribution in [2.24, 2.45) is 7.05 Å². The number of hydrogen-bond acceptors (Lipinski definition) is 3. The summed E-state index contributed by atoms with van der Waals surface area (Å²) in [5, 5.41) is 17.0. The minimum atomic E-state index is -1.24. The van der Waals surface area contributed by atoms with Gasteiger partial charge in [0.1, 0.15) is 17.5 Å². The number of carbonyl (C=O) groups is 1. The Morgan fingerprint density at radius 2 is 2.54 bits per heavy atom. The van der Waals surface area contributed by atoms with Gasteiger partial charge in [-0.15, -0.1) is 0 Å². The van der Waals surface area contributed by atoms with Gasteiger partial charge in [0.25, 0.3) is 0 Å². The fourth-order valence-corrected chi connectivity index (χ4v) is 0.787. The molecule has 0 saturated carbocycles. The molecule has 5 heteroatoms. The second-order valence-corrected chi connectivity index (χ2v) is 2.37. The molecule has 0 atom stereocenters. The Morgan fingerprint density at radius 3 is 2.92 bits per heavy atom. The minimum absolute atomic E-state index is 0.325. The van der Waals surface area contributed by atoms with Crippen molar-refractivity contribution < 1.29 is 9.90 Å². The number of aromatic nitrogens is 2. The summed E-state index contributed by atoms with van der Waals surface area (Å²) in [5.41, 5.74) is -0.325. The summed E-state index contributed by atoms with van der Waals surface area (Å²) in [7, 11) is 1.72. The maximum atomic E-state index is 10.4. The lowest BCUT2D eigenvalue weighted by Crippen LogP contribution is -1.99. The van der Waals surface area contributed by atoms with E-state index in [1.54, 1.807) is 23.9 Å². The Bertz CT molecular complexity index is 398. The van der Waals surface area contributed by atoms with Crippen LogP contribution in [0.3, 0.4) is 0 Å². The van der Waals surface area contributed by atoms with Crippen LogP contribution >= 0.6 is 0 Å². The normalized spacial score (nSPS) is 10.9. The first-order chi connectivity index (χ1) is 6.15. The van der Waals surface area contributed by atoms with Crippen LogP contribution in [0.5, 0.6) is 0 Å². The maximum absolute atomic E-state index is 10.4. The highest BCUT2D eigenvalue weighted by atomic mass is 16.4. The molecule has 1 aromatic rings. The summed E-state index contributed by atoms with van der Waals surface area (Å²) in [4.78, 5) is 14.3. The van der Waals surface area contributed by atoms with Gasteiger partial charge in [-0.2, -0.15) is 5.26 Å². The Labute approximate surface area is 74.6 Å². The van der Waals surface area contributed by atoms with Crippen molar-refractivity contribution in [2.45, 2.75) is 0 Å². The van der Waals surface area contributed by atoms with Gasteiger partial charge < -0.3 is 9.67 Å². The number of nitriles is 1. The highest BCUT2D eigenvalue weighted by Crippen LogP contribution is 2.02. The van der Waals surface area contributed by atoms with Crippen LogP contribution in [0.1, 0.15) is 5.82 Å². The molecule has 1 N–H and O–H groups in total. The Morgan fingerprint density at radius 1 is 1.85 bits per heavy atom. The van der Waals surface area contributed by atoms with E-state index >= 15 is 0 Å². The van der Waals surface area contributed by atoms with Crippen molar-refractivity contribution in [3.05, 3.63) is 23.8 Å². The third kappa shape index (κ3) is 1.93. The summed E-state index contributed by atoms with van der Waals surface area (Å²) in [6, 6.07) is 1.58. The molecule has 0 amide bonds. The number of carboxylic acids is 1. The van der Waals surface area contributed by atoms with Crippen molar-refractivity contribution in [3.8, 4) is 6.07 Å². The average Bonchev–Trinajstić information content (AvgIpc) is 2.46. The smallest absolute Gasteiger partial charge is 0.346 e. The molecular formula is C8H7N3O2. The summed E-state index contributed by atoms with van der Waals surface area (Å²) in [6.07, 6.45) is 4.42. The third-order valence-corrected chi connectivity index (χ3v) is 1.48. The number of rotatable bonds is 2. The Balaban J connectivity index is 3.07. The van der Waals surface area contributed by atoms with Crippen LogP contribution in [0.15, 0.2) is 18.0 Å². The number of hydrogen-bond donors (Lipinski definition) is 1. The zero-order chi connectivity index (χ0) is 9.84. The van der Waals surface area contributed by atoms with Crippen LogP contribution in [0.2, 0.25) is 0 Å². The largest absolute Gasteiger partial charge is 0.477 e. The third-order valence-electron chi connectivity index (χ3n) is 1.48. The van der Waals surface area contributed by atoms with Gasteiger partial charge in [-0.25, -0.2) is 9.78 Å². The van der Waals surface area contributed by atoms with Gasteiger partial charge in [-0.3, -0.25) is 0 Å². The lowest BCUT2D eigenvalue weighted by Gasteiger charge is -1.93. The highest BCUT2D eigenvalue weighted by molar-refractivity contribution is 5.95. The molecule has 1 heterocycles. The van der Waals surface area contributed by atoms with Gasteiger partial charge in [0.05, 0.1) is 0 Å². The molecule has 1 rings (SSSR count). The molecule has 0 radical (unpaired) electrons. The summed E-state index contributed by atoms with van der Waals surface area (Å²) in [6.45, 7) is 0. The second-order valence-electron chi connectivity index (χ2n) is 2.37. The van der Waals surface area contributed by atoms with E-state index in [9.17, 15) is 4.79 Å². The van der Waals surface area contributed by atoms with Crippen LogP contribution in [0, 0.1) is 11.3 Å². The fourth-order valence-electron chi connectivity index (χ4n) is 0.787. The van der Waals surface area contributed by atoms with Gasteiger partial charge >= 0.3 is 5.97 Å². The van der Waals surface area contributed by atoms with Crippen LogP contribution in [0.25, 0.3) is 6.08 Å². The zero-order valence-electron chi connectivity index (χ0n) is 6.93. The molecule has 0 bridgehead atoms. The number of carboxylic acid groups (broad SMARTS) is 1. The first-order valence-electron chi connectivity index (χ1n) is 3.47. The van der Waals surface area contributed by atoms with Gasteiger partial charge in [0.2, 0.25) is 0 Å². The van der Waals surface area contributed by atoms with E-state index in [-0.39, 0.29) is 5.57 Å². The van der Waals surface area contributed by atoms with E-state index in [1.807, 2.05) is 0 Å². The second kappa shape index (κ2) is 3.54. The molecule has 5 nitrogen and oxygen atoms in total. The first-order valence-corrected chi connectivity index (χ1v) is 3.47. The number of aryl methyl sites for hydroxylation is 1. The fraction of sp³-hybridized carbons (Fsp3) is 0.125. The van der Waals surface area contributed by atoms with E-state index in [2.05, 4.69) is 4.98 Å². The van der Waals surface area contributed by atoms with E-state index < -0.39 is 5.97 Å². The predicted molar refractivity (Wildman–Crippen MR) is 44.4 cm³/mol. The monoisotopic (exact) mass is 177 g/mol. The summed E-state index contributed by atoms with van der Waals surface area (Å²) in [5.74, 6) is -0.801. The quantitative estimate of drug-likeness (QED) is 0.524. The summed E-state index contributed by atoms with van der Waals surface area (Å²) >= 11 is 0. The molecule has 0 aliphatic carbocycles. The topological polar surface area (TPSA) is 78.9 Å². The minimum Gasteiger partial charge on any atom is -0.477 e. The number of aliphatic carboxylic acids is 1. The van der Waals surface area contributed by atoms with Crippen molar-refractivity contribution >= 4 is 12.0 Å². The predicted octanol–water partition coefficient (Wildman–Crippen LogP) is 0.412. The molecule has 0 aliphatic heterocycles. The number of imidazole rings is 1. The molecule has 0 aliphatic rings. The lowest BCUT2D eigenvalue weighted by molar-refractivity contribution is -0.132. The van der Waals surface area contributed by atoms with Crippen LogP contribution in [-0.2, 0) is 11.8 Å². The summed E-state index contributed by atoms with van der Waals surface area (Å²) < 4.78 is 1.63. The van der Waals surface area contributed by atoms with Crippen LogP contribution < -0.4 is 0 Å². The maximum Gasteiger partial charge on any atom is 0.346 e. The molecule has 0 saturated heterocycles. The van der Waals surface area contributed by atoms with Gasteiger partial charge in [-0.05, 0) is 0 Å². The van der Waals surface area contributed by atoms with Gasteiger partial charge in [0.15, 0.2) is 0 Å². The van der Waals surface area contributed by atoms with E-state index in [4.69, 9.17) is 10.4 Å². The standard InChI is InChI=1S/C8H7N3O2/c1-11-3-2-10-7(11)4-6(5-9)8(12)13/h2-4H,1H3,(H,12,13)/b6-4-. The van der Waals surface area contributed by atoms with Crippen molar-refractivity contribution in [1.82, 2.24) is 9.55 Å². The lowest BCUT2D eigenvalue weighted by atomic mass is 10.3. The molecule has 13 heavy (non-hydrogen) atoms. The van der Waals surface area contributed by atoms with E-state index in [0.717, 1.165) is 0 Å². The molecule has 0 spiro atoms. The van der Waals surface area contributed by atoms with Gasteiger partial charge in [-0.1, -0.05) is 0 Å². The SMILES string of the molecule is Cn1ccnc1/C=C(/C#N)C(=O)O. The molecule has 66 valence electrons. The van der Waals surface area contributed by atoms with E-state index in [0.29, 0.717) is 5.82 Å². The van der Waals surface area contributed by atoms with Crippen molar-refractivity contribution in [1.29, 1.82) is 5.26 Å². The number of nitrogens with zero attached hydrogens (tertiary/aromatic N) is 3. The first kappa shape index (κ1) is 9.00. The Hall–Kier alpha value is -2.09. The van der Waals surface area contributed by atoms with E-state index in [1.165, 1.54) is 12.3 Å². The van der Waals surface area contributed by atoms with Crippen molar-refractivity contribution in [2.75, 3.05) is 0 Å². The molecule has 1 aromatic heterocycles. The van der Waals surface area contributed by atoms with Crippen LogP contribution in [0.4, 0.5) is 0 Å². The Kier molecular flexibility index (Phi) is 2.45. The average molecular weight is 177 g/mol. The van der Waals surface area contributed by atoms with Crippen molar-refractivity contribution in [3.63, 3.8) is 0 Å². The van der Waals surface area contributed by atoms with Crippen LogP contribution in [-0.4, -0.2) is 20.6 Å². The molecular weight excluding hydrogens is 170 g/mol. The molecule has 0 aromatic carbocycles. The molecule has 0 unspecified atom stereocenters. The van der Waals surface area contributed by atoms with Gasteiger partial charge in [0, 0.05) is 25.5 Å². The molecule has 0 fully saturated rings.